The highest BCUT2D eigenvalue weighted by Crippen LogP contribution is 2.24. The van der Waals surface area contributed by atoms with Crippen molar-refractivity contribution in [2.75, 3.05) is 6.54 Å². The van der Waals surface area contributed by atoms with Gasteiger partial charge in [-0.2, -0.15) is 0 Å². The summed E-state index contributed by atoms with van der Waals surface area (Å²) >= 11 is 5.18. The summed E-state index contributed by atoms with van der Waals surface area (Å²) in [7, 11) is 0. The highest BCUT2D eigenvalue weighted by molar-refractivity contribution is 9.10. The van der Waals surface area contributed by atoms with E-state index in [1.807, 2.05) is 12.1 Å². The Bertz CT molecular complexity index is 960. The van der Waals surface area contributed by atoms with Gasteiger partial charge in [0.2, 0.25) is 4.96 Å². The zero-order valence-corrected chi connectivity index (χ0v) is 16.0. The molecule has 25 heavy (non-hydrogen) atoms. The Morgan fingerprint density at radius 3 is 2.60 bits per heavy atom. The average molecular weight is 414 g/mol. The van der Waals surface area contributed by atoms with Crippen LogP contribution in [0.15, 0.2) is 65.3 Å². The fourth-order valence-corrected chi connectivity index (χ4v) is 3.98. The molecule has 0 spiro atoms. The van der Waals surface area contributed by atoms with Crippen molar-refractivity contribution in [3.8, 4) is 11.4 Å². The molecule has 0 fully saturated rings. The van der Waals surface area contributed by atoms with Gasteiger partial charge >= 0.3 is 0 Å². The number of rotatable bonds is 6. The predicted octanol–water partition coefficient (Wildman–Crippen LogP) is 3.53. The van der Waals surface area contributed by atoms with Crippen LogP contribution in [0.2, 0.25) is 0 Å². The SMILES string of the molecule is Brc1ccc(-c2nnc3sc(C[NH2+]CCc4ccccc4)cn23)cc1. The minimum Gasteiger partial charge on any atom is -0.342 e. The number of nitrogens with zero attached hydrogens (tertiary/aromatic N) is 3. The van der Waals surface area contributed by atoms with E-state index in [0.29, 0.717) is 0 Å². The number of halogens is 1. The zero-order chi connectivity index (χ0) is 17.1. The molecule has 0 radical (unpaired) electrons. The predicted molar refractivity (Wildman–Crippen MR) is 105 cm³/mol. The van der Waals surface area contributed by atoms with Gasteiger partial charge < -0.3 is 5.32 Å². The van der Waals surface area contributed by atoms with Crippen LogP contribution >= 0.6 is 27.3 Å². The molecule has 0 aliphatic heterocycles. The van der Waals surface area contributed by atoms with Gasteiger partial charge in [-0.05, 0) is 17.7 Å². The number of benzene rings is 2. The molecular formula is C19H18BrN4S+. The van der Waals surface area contributed by atoms with Crippen LogP contribution in [0.5, 0.6) is 0 Å². The Hall–Kier alpha value is -2.02. The Balaban J connectivity index is 1.42. The largest absolute Gasteiger partial charge is 0.342 e. The summed E-state index contributed by atoms with van der Waals surface area (Å²) in [6.45, 7) is 2.06. The lowest BCUT2D eigenvalue weighted by Gasteiger charge is -2.00. The van der Waals surface area contributed by atoms with Gasteiger partial charge in [-0.1, -0.05) is 69.7 Å². The van der Waals surface area contributed by atoms with Gasteiger partial charge in [-0.3, -0.25) is 4.40 Å². The van der Waals surface area contributed by atoms with Crippen LogP contribution in [0.25, 0.3) is 16.3 Å². The van der Waals surface area contributed by atoms with E-state index in [0.717, 1.165) is 40.3 Å². The summed E-state index contributed by atoms with van der Waals surface area (Å²) in [6.07, 6.45) is 3.26. The first-order valence-electron chi connectivity index (χ1n) is 8.24. The summed E-state index contributed by atoms with van der Waals surface area (Å²) in [4.78, 5) is 2.26. The third-order valence-corrected chi connectivity index (χ3v) is 5.61. The van der Waals surface area contributed by atoms with Gasteiger partial charge in [0.15, 0.2) is 5.82 Å². The van der Waals surface area contributed by atoms with E-state index in [-0.39, 0.29) is 0 Å². The number of hydrogen-bond donors (Lipinski definition) is 1. The van der Waals surface area contributed by atoms with E-state index in [1.54, 1.807) is 11.3 Å². The molecule has 2 aromatic heterocycles. The van der Waals surface area contributed by atoms with E-state index < -0.39 is 0 Å². The highest BCUT2D eigenvalue weighted by atomic mass is 79.9. The molecule has 126 valence electrons. The van der Waals surface area contributed by atoms with Crippen molar-refractivity contribution in [1.82, 2.24) is 14.6 Å². The molecule has 4 rings (SSSR count). The molecule has 0 saturated heterocycles. The molecule has 0 aliphatic rings. The van der Waals surface area contributed by atoms with E-state index in [2.05, 4.69) is 84.5 Å². The van der Waals surface area contributed by atoms with Crippen molar-refractivity contribution >= 4 is 32.2 Å². The maximum Gasteiger partial charge on any atom is 0.216 e. The van der Waals surface area contributed by atoms with E-state index in [4.69, 9.17) is 0 Å². The first kappa shape index (κ1) is 16.4. The van der Waals surface area contributed by atoms with E-state index in [9.17, 15) is 0 Å². The number of aromatic nitrogens is 3. The lowest BCUT2D eigenvalue weighted by Crippen LogP contribution is -2.82. The second kappa shape index (κ2) is 7.47. The molecule has 0 bridgehead atoms. The fourth-order valence-electron chi connectivity index (χ4n) is 2.80. The number of fused-ring (bicyclic) bond motifs is 1. The quantitative estimate of drug-likeness (QED) is 0.491. The van der Waals surface area contributed by atoms with Crippen molar-refractivity contribution in [3.63, 3.8) is 0 Å². The summed E-state index contributed by atoms with van der Waals surface area (Å²) in [5.74, 6) is 0.897. The first-order valence-corrected chi connectivity index (χ1v) is 9.85. The number of nitrogens with two attached hydrogens (primary N) is 1. The van der Waals surface area contributed by atoms with Gasteiger partial charge in [-0.15, -0.1) is 10.2 Å². The Morgan fingerprint density at radius 2 is 1.80 bits per heavy atom. The molecule has 0 unspecified atom stereocenters. The third kappa shape index (κ3) is 3.81. The molecule has 0 amide bonds. The molecule has 6 heteroatoms. The molecule has 4 nitrogen and oxygen atoms in total. The van der Waals surface area contributed by atoms with Crippen LogP contribution < -0.4 is 5.32 Å². The van der Waals surface area contributed by atoms with Crippen molar-refractivity contribution < 1.29 is 5.32 Å². The van der Waals surface area contributed by atoms with Gasteiger partial charge in [0.05, 0.1) is 11.4 Å². The fraction of sp³-hybridized carbons (Fsp3) is 0.158. The van der Waals surface area contributed by atoms with Crippen LogP contribution in [0, 0.1) is 0 Å². The first-order chi connectivity index (χ1) is 12.3. The summed E-state index contributed by atoms with van der Waals surface area (Å²) in [5.41, 5.74) is 2.47. The average Bonchev–Trinajstić information content (AvgIpc) is 3.21. The molecule has 2 heterocycles. The number of hydrogen-bond acceptors (Lipinski definition) is 3. The van der Waals surface area contributed by atoms with Gasteiger partial charge in [-0.25, -0.2) is 0 Å². The molecule has 0 aliphatic carbocycles. The molecule has 2 N–H and O–H groups in total. The Morgan fingerprint density at radius 1 is 1.00 bits per heavy atom. The lowest BCUT2D eigenvalue weighted by molar-refractivity contribution is -0.669. The van der Waals surface area contributed by atoms with Crippen LogP contribution in [-0.2, 0) is 13.0 Å². The van der Waals surface area contributed by atoms with E-state index in [1.165, 1.54) is 10.4 Å². The summed E-state index contributed by atoms with van der Waals surface area (Å²) in [6, 6.07) is 18.8. The third-order valence-electron chi connectivity index (χ3n) is 4.09. The molecule has 0 saturated carbocycles. The monoisotopic (exact) mass is 413 g/mol. The Labute approximate surface area is 158 Å². The number of thiazole rings is 1. The summed E-state index contributed by atoms with van der Waals surface area (Å²) < 4.78 is 3.16. The lowest BCUT2D eigenvalue weighted by atomic mass is 10.1. The van der Waals surface area contributed by atoms with Crippen molar-refractivity contribution in [2.45, 2.75) is 13.0 Å². The zero-order valence-electron chi connectivity index (χ0n) is 13.6. The molecular weight excluding hydrogens is 396 g/mol. The van der Waals surface area contributed by atoms with Gasteiger partial charge in [0.1, 0.15) is 6.54 Å². The highest BCUT2D eigenvalue weighted by Gasteiger charge is 2.12. The van der Waals surface area contributed by atoms with Crippen molar-refractivity contribution in [1.29, 1.82) is 0 Å². The minimum atomic E-state index is 0.897. The number of quaternary nitrogens is 1. The minimum absolute atomic E-state index is 0.897. The second-order valence-electron chi connectivity index (χ2n) is 5.90. The molecule has 2 aromatic carbocycles. The summed E-state index contributed by atoms with van der Waals surface area (Å²) in [5, 5.41) is 11.0. The van der Waals surface area contributed by atoms with Crippen LogP contribution in [0.3, 0.4) is 0 Å². The maximum atomic E-state index is 4.33. The van der Waals surface area contributed by atoms with Crippen LogP contribution in [0.4, 0.5) is 0 Å². The maximum absolute atomic E-state index is 4.33. The van der Waals surface area contributed by atoms with Gasteiger partial charge in [0.25, 0.3) is 0 Å². The Kier molecular flexibility index (Phi) is 4.92. The second-order valence-corrected chi connectivity index (χ2v) is 7.91. The molecule has 0 atom stereocenters. The van der Waals surface area contributed by atoms with Crippen molar-refractivity contribution in [2.24, 2.45) is 0 Å². The smallest absolute Gasteiger partial charge is 0.216 e. The topological polar surface area (TPSA) is 46.8 Å². The standard InChI is InChI=1S/C19H17BrN4S/c20-16-8-6-15(7-9-16)18-22-23-19-24(18)13-17(25-19)12-21-11-10-14-4-2-1-3-5-14/h1-9,13,21H,10-12H2/p+1. The van der Waals surface area contributed by atoms with Crippen LogP contribution in [0.1, 0.15) is 10.4 Å². The molecule has 4 aromatic rings. The van der Waals surface area contributed by atoms with Gasteiger partial charge in [0, 0.05) is 22.7 Å². The van der Waals surface area contributed by atoms with Crippen LogP contribution in [-0.4, -0.2) is 21.1 Å². The normalized spacial score (nSPS) is 11.2. The van der Waals surface area contributed by atoms with Crippen molar-refractivity contribution in [3.05, 3.63) is 75.7 Å². The van der Waals surface area contributed by atoms with E-state index >= 15 is 0 Å².